The van der Waals surface area contributed by atoms with Crippen LogP contribution in [0, 0.1) is 0 Å². The second kappa shape index (κ2) is 6.31. The van der Waals surface area contributed by atoms with Gasteiger partial charge in [-0.05, 0) is 17.7 Å². The summed E-state index contributed by atoms with van der Waals surface area (Å²) in [6, 6.07) is 7.45. The fraction of sp³-hybridized carbons (Fsp3) is 0.538. The molecule has 0 saturated carbocycles. The van der Waals surface area contributed by atoms with Crippen LogP contribution in [0.25, 0.3) is 0 Å². The van der Waals surface area contributed by atoms with E-state index in [1.807, 2.05) is 19.1 Å². The standard InChI is InChI=1S/C13H22N2O2S/c1-5-15(4)18(16,17)13-8-6-12(7-9-13)10-14-11(2)3/h6-9,11,14H,5,10H2,1-4H3. The quantitative estimate of drug-likeness (QED) is 0.858. The topological polar surface area (TPSA) is 49.4 Å². The van der Waals surface area contributed by atoms with E-state index in [9.17, 15) is 8.42 Å². The van der Waals surface area contributed by atoms with Crippen LogP contribution in [0.3, 0.4) is 0 Å². The Balaban J connectivity index is 2.83. The first-order valence-corrected chi connectivity index (χ1v) is 7.60. The highest BCUT2D eigenvalue weighted by Crippen LogP contribution is 2.14. The molecule has 0 aromatic heterocycles. The second-order valence-corrected chi connectivity index (χ2v) is 6.64. The van der Waals surface area contributed by atoms with Crippen molar-refractivity contribution in [2.75, 3.05) is 13.6 Å². The minimum absolute atomic E-state index is 0.347. The summed E-state index contributed by atoms with van der Waals surface area (Å²) < 4.78 is 25.4. The van der Waals surface area contributed by atoms with Crippen molar-refractivity contribution in [2.45, 2.75) is 38.3 Å². The van der Waals surface area contributed by atoms with Crippen LogP contribution in [0.1, 0.15) is 26.3 Å². The number of sulfonamides is 1. The maximum atomic E-state index is 12.1. The predicted octanol–water partition coefficient (Wildman–Crippen LogP) is 1.83. The van der Waals surface area contributed by atoms with E-state index >= 15 is 0 Å². The SMILES string of the molecule is CCN(C)S(=O)(=O)c1ccc(CNC(C)C)cc1. The van der Waals surface area contributed by atoms with Gasteiger partial charge in [0.2, 0.25) is 10.0 Å². The van der Waals surface area contributed by atoms with Crippen molar-refractivity contribution in [3.8, 4) is 0 Å². The van der Waals surface area contributed by atoms with Crippen LogP contribution in [0.5, 0.6) is 0 Å². The molecule has 1 rings (SSSR count). The minimum atomic E-state index is -3.32. The number of nitrogens with zero attached hydrogens (tertiary/aromatic N) is 1. The largest absolute Gasteiger partial charge is 0.310 e. The third kappa shape index (κ3) is 3.80. The molecule has 102 valence electrons. The van der Waals surface area contributed by atoms with Gasteiger partial charge in [0.1, 0.15) is 0 Å². The fourth-order valence-corrected chi connectivity index (χ4v) is 2.63. The maximum absolute atomic E-state index is 12.1. The van der Waals surface area contributed by atoms with Crippen LogP contribution in [0.15, 0.2) is 29.2 Å². The molecule has 1 aromatic carbocycles. The Kier molecular flexibility index (Phi) is 5.31. The first-order chi connectivity index (χ1) is 8.37. The minimum Gasteiger partial charge on any atom is -0.310 e. The summed E-state index contributed by atoms with van der Waals surface area (Å²) in [4.78, 5) is 0.347. The Hall–Kier alpha value is -0.910. The molecule has 5 heteroatoms. The van der Waals surface area contributed by atoms with Crippen LogP contribution < -0.4 is 5.32 Å². The molecule has 18 heavy (non-hydrogen) atoms. The van der Waals surface area contributed by atoms with Crippen LogP contribution in [-0.4, -0.2) is 32.4 Å². The average molecular weight is 270 g/mol. The molecule has 0 unspecified atom stereocenters. The molecular weight excluding hydrogens is 248 g/mol. The molecule has 0 spiro atoms. The van der Waals surface area contributed by atoms with E-state index in [0.29, 0.717) is 17.5 Å². The summed E-state index contributed by atoms with van der Waals surface area (Å²) in [5, 5.41) is 3.29. The predicted molar refractivity (Wildman–Crippen MR) is 73.9 cm³/mol. The number of benzene rings is 1. The number of rotatable bonds is 6. The Bertz CT molecular complexity index is 466. The van der Waals surface area contributed by atoms with Gasteiger partial charge in [-0.15, -0.1) is 0 Å². The highest BCUT2D eigenvalue weighted by molar-refractivity contribution is 7.89. The maximum Gasteiger partial charge on any atom is 0.242 e. The molecule has 0 atom stereocenters. The van der Waals surface area contributed by atoms with Crippen molar-refractivity contribution >= 4 is 10.0 Å². The third-order valence-electron chi connectivity index (χ3n) is 2.79. The third-order valence-corrected chi connectivity index (χ3v) is 4.74. The highest BCUT2D eigenvalue weighted by Gasteiger charge is 2.18. The molecule has 0 radical (unpaired) electrons. The summed E-state index contributed by atoms with van der Waals surface area (Å²) in [5.41, 5.74) is 1.09. The number of nitrogens with one attached hydrogen (secondary N) is 1. The number of hydrogen-bond acceptors (Lipinski definition) is 3. The van der Waals surface area contributed by atoms with E-state index in [2.05, 4.69) is 19.2 Å². The fourth-order valence-electron chi connectivity index (χ4n) is 1.45. The lowest BCUT2D eigenvalue weighted by molar-refractivity contribution is 0.486. The monoisotopic (exact) mass is 270 g/mol. The Morgan fingerprint density at radius 1 is 1.22 bits per heavy atom. The van der Waals surface area contributed by atoms with E-state index < -0.39 is 10.0 Å². The highest BCUT2D eigenvalue weighted by atomic mass is 32.2. The summed E-state index contributed by atoms with van der Waals surface area (Å²) in [6.07, 6.45) is 0. The van der Waals surface area contributed by atoms with Crippen molar-refractivity contribution in [1.29, 1.82) is 0 Å². The Labute approximate surface area is 110 Å². The van der Waals surface area contributed by atoms with E-state index in [0.717, 1.165) is 12.1 Å². The molecule has 0 saturated heterocycles. The molecule has 0 aliphatic rings. The Morgan fingerprint density at radius 2 is 1.78 bits per heavy atom. The molecule has 0 amide bonds. The van der Waals surface area contributed by atoms with Gasteiger partial charge in [-0.25, -0.2) is 12.7 Å². The molecule has 0 heterocycles. The van der Waals surface area contributed by atoms with Gasteiger partial charge in [0.05, 0.1) is 4.90 Å². The average Bonchev–Trinajstić information content (AvgIpc) is 2.35. The van der Waals surface area contributed by atoms with Crippen LogP contribution in [0.4, 0.5) is 0 Å². The lowest BCUT2D eigenvalue weighted by atomic mass is 10.2. The molecule has 1 N–H and O–H groups in total. The van der Waals surface area contributed by atoms with Gasteiger partial charge in [-0.2, -0.15) is 0 Å². The summed E-state index contributed by atoms with van der Waals surface area (Å²) >= 11 is 0. The van der Waals surface area contributed by atoms with Crippen molar-refractivity contribution < 1.29 is 8.42 Å². The normalized spacial score (nSPS) is 12.3. The van der Waals surface area contributed by atoms with Gasteiger partial charge in [0.15, 0.2) is 0 Å². The zero-order chi connectivity index (χ0) is 13.8. The molecule has 0 aliphatic carbocycles. The number of hydrogen-bond donors (Lipinski definition) is 1. The lowest BCUT2D eigenvalue weighted by Crippen LogP contribution is -2.26. The van der Waals surface area contributed by atoms with Crippen molar-refractivity contribution in [1.82, 2.24) is 9.62 Å². The van der Waals surface area contributed by atoms with E-state index in [1.54, 1.807) is 19.2 Å². The van der Waals surface area contributed by atoms with E-state index in [4.69, 9.17) is 0 Å². The molecular formula is C13H22N2O2S. The zero-order valence-corrected chi connectivity index (χ0v) is 12.3. The second-order valence-electron chi connectivity index (χ2n) is 4.60. The summed E-state index contributed by atoms with van der Waals surface area (Å²) in [5.74, 6) is 0. The van der Waals surface area contributed by atoms with E-state index in [-0.39, 0.29) is 0 Å². The zero-order valence-electron chi connectivity index (χ0n) is 11.5. The van der Waals surface area contributed by atoms with Gasteiger partial charge >= 0.3 is 0 Å². The van der Waals surface area contributed by atoms with Gasteiger partial charge in [0, 0.05) is 26.2 Å². The van der Waals surface area contributed by atoms with Crippen LogP contribution in [-0.2, 0) is 16.6 Å². The molecule has 4 nitrogen and oxygen atoms in total. The molecule has 1 aromatic rings. The van der Waals surface area contributed by atoms with Gasteiger partial charge in [0.25, 0.3) is 0 Å². The Morgan fingerprint density at radius 3 is 2.22 bits per heavy atom. The first kappa shape index (κ1) is 15.1. The van der Waals surface area contributed by atoms with Crippen LogP contribution in [0.2, 0.25) is 0 Å². The van der Waals surface area contributed by atoms with Gasteiger partial charge < -0.3 is 5.32 Å². The lowest BCUT2D eigenvalue weighted by Gasteiger charge is -2.15. The summed E-state index contributed by atoms with van der Waals surface area (Å²) in [7, 11) is -1.74. The van der Waals surface area contributed by atoms with Crippen molar-refractivity contribution in [2.24, 2.45) is 0 Å². The summed E-state index contributed by atoms with van der Waals surface area (Å²) in [6.45, 7) is 7.20. The van der Waals surface area contributed by atoms with Gasteiger partial charge in [-0.1, -0.05) is 32.9 Å². The molecule has 0 fully saturated rings. The molecule has 0 bridgehead atoms. The smallest absolute Gasteiger partial charge is 0.242 e. The van der Waals surface area contributed by atoms with Gasteiger partial charge in [-0.3, -0.25) is 0 Å². The van der Waals surface area contributed by atoms with Crippen molar-refractivity contribution in [3.05, 3.63) is 29.8 Å². The van der Waals surface area contributed by atoms with E-state index in [1.165, 1.54) is 4.31 Å². The van der Waals surface area contributed by atoms with Crippen LogP contribution >= 0.6 is 0 Å². The molecule has 0 aliphatic heterocycles. The first-order valence-electron chi connectivity index (χ1n) is 6.16. The van der Waals surface area contributed by atoms with Crippen molar-refractivity contribution in [3.63, 3.8) is 0 Å².